The molecule has 0 aromatic rings. The third-order valence-corrected chi connectivity index (χ3v) is 1.88. The van der Waals surface area contributed by atoms with Crippen LogP contribution in [-0.4, -0.2) is 26.2 Å². The summed E-state index contributed by atoms with van der Waals surface area (Å²) in [6.07, 6.45) is 0. The predicted molar refractivity (Wildman–Crippen MR) is 39.7 cm³/mol. The predicted octanol–water partition coefficient (Wildman–Crippen LogP) is 0.181. The Morgan fingerprint density at radius 1 is 1.60 bits per heavy atom. The Labute approximate surface area is 61.1 Å². The molecule has 0 spiro atoms. The number of rotatable bonds is 3. The second kappa shape index (κ2) is 3.51. The van der Waals surface area contributed by atoms with Gasteiger partial charge in [0.1, 0.15) is 0 Å². The van der Waals surface area contributed by atoms with Crippen molar-refractivity contribution in [1.82, 2.24) is 10.7 Å². The molecule has 10 heavy (non-hydrogen) atoms. The highest BCUT2D eigenvalue weighted by atomic mass is 15.4. The van der Waals surface area contributed by atoms with Crippen molar-refractivity contribution in [2.45, 2.75) is 13.0 Å². The Hall–Kier alpha value is -0.640. The Balaban J connectivity index is 2.13. The first-order valence-corrected chi connectivity index (χ1v) is 3.59. The summed E-state index contributed by atoms with van der Waals surface area (Å²) in [4.78, 5) is 0. The normalized spacial score (nSPS) is 22.6. The monoisotopic (exact) mass is 142 g/mol. The van der Waals surface area contributed by atoms with Crippen LogP contribution >= 0.6 is 0 Å². The zero-order valence-corrected chi connectivity index (χ0v) is 6.46. The standard InChI is InChI=1S/C6H14N4/c1-5(9-10-7-2)6-3-8-4-6/h5-6,8H,3-4H2,1-2H3,(H,7,9). The average molecular weight is 142 g/mol. The molecule has 1 heterocycles. The minimum Gasteiger partial charge on any atom is -0.316 e. The molecular weight excluding hydrogens is 128 g/mol. The van der Waals surface area contributed by atoms with Crippen molar-refractivity contribution in [2.24, 2.45) is 16.3 Å². The van der Waals surface area contributed by atoms with Crippen LogP contribution in [0.5, 0.6) is 0 Å². The van der Waals surface area contributed by atoms with E-state index in [1.807, 2.05) is 0 Å². The molecule has 1 rings (SSSR count). The summed E-state index contributed by atoms with van der Waals surface area (Å²) < 4.78 is 0. The lowest BCUT2D eigenvalue weighted by atomic mass is 9.96. The maximum absolute atomic E-state index is 3.72. The molecule has 1 saturated heterocycles. The first-order valence-electron chi connectivity index (χ1n) is 3.59. The molecule has 2 N–H and O–H groups in total. The van der Waals surface area contributed by atoms with Crippen LogP contribution in [0.4, 0.5) is 0 Å². The van der Waals surface area contributed by atoms with Gasteiger partial charge in [-0.25, -0.2) is 0 Å². The van der Waals surface area contributed by atoms with Gasteiger partial charge in [-0.1, -0.05) is 5.22 Å². The van der Waals surface area contributed by atoms with Crippen LogP contribution in [0.15, 0.2) is 10.3 Å². The minimum atomic E-state index is 0.449. The van der Waals surface area contributed by atoms with Crippen molar-refractivity contribution in [3.05, 3.63) is 0 Å². The molecule has 4 nitrogen and oxygen atoms in total. The van der Waals surface area contributed by atoms with Gasteiger partial charge in [-0.05, 0) is 6.92 Å². The highest BCUT2D eigenvalue weighted by molar-refractivity contribution is 4.82. The highest BCUT2D eigenvalue weighted by Gasteiger charge is 2.22. The number of nitrogens with one attached hydrogen (secondary N) is 2. The van der Waals surface area contributed by atoms with E-state index in [0.29, 0.717) is 6.04 Å². The molecule has 0 amide bonds. The average Bonchev–Trinajstić information content (AvgIpc) is 1.79. The van der Waals surface area contributed by atoms with Crippen LogP contribution in [-0.2, 0) is 0 Å². The summed E-state index contributed by atoms with van der Waals surface area (Å²) >= 11 is 0. The molecule has 0 aromatic carbocycles. The summed E-state index contributed by atoms with van der Waals surface area (Å²) in [5, 5.41) is 10.5. The van der Waals surface area contributed by atoms with Gasteiger partial charge in [-0.2, -0.15) is 5.11 Å². The van der Waals surface area contributed by atoms with E-state index >= 15 is 0 Å². The maximum Gasteiger partial charge on any atom is 0.0509 e. The molecule has 0 aromatic heterocycles. The Morgan fingerprint density at radius 3 is 2.70 bits per heavy atom. The third kappa shape index (κ3) is 1.67. The van der Waals surface area contributed by atoms with E-state index in [1.54, 1.807) is 7.05 Å². The second-order valence-electron chi connectivity index (χ2n) is 2.64. The molecule has 0 radical (unpaired) electrons. The molecule has 4 heteroatoms. The summed E-state index contributed by atoms with van der Waals surface area (Å²) in [7, 11) is 1.67. The molecule has 0 bridgehead atoms. The zero-order chi connectivity index (χ0) is 7.40. The second-order valence-corrected chi connectivity index (χ2v) is 2.64. The van der Waals surface area contributed by atoms with Crippen LogP contribution in [0.2, 0.25) is 0 Å². The quantitative estimate of drug-likeness (QED) is 0.436. The molecular formula is C6H14N4. The van der Waals surface area contributed by atoms with E-state index in [-0.39, 0.29) is 0 Å². The lowest BCUT2D eigenvalue weighted by molar-refractivity contribution is 0.268. The van der Waals surface area contributed by atoms with Gasteiger partial charge in [0.05, 0.1) is 7.05 Å². The van der Waals surface area contributed by atoms with Gasteiger partial charge < -0.3 is 5.32 Å². The molecule has 1 aliphatic heterocycles. The van der Waals surface area contributed by atoms with Crippen LogP contribution in [0.1, 0.15) is 6.92 Å². The van der Waals surface area contributed by atoms with E-state index in [0.717, 1.165) is 19.0 Å². The minimum absolute atomic E-state index is 0.449. The van der Waals surface area contributed by atoms with Crippen molar-refractivity contribution < 1.29 is 0 Å². The van der Waals surface area contributed by atoms with Crippen molar-refractivity contribution in [3.8, 4) is 0 Å². The molecule has 58 valence electrons. The summed E-state index contributed by atoms with van der Waals surface area (Å²) in [6.45, 7) is 4.33. The van der Waals surface area contributed by atoms with Crippen LogP contribution in [0.25, 0.3) is 0 Å². The molecule has 1 atom stereocenters. The molecule has 1 fully saturated rings. The van der Waals surface area contributed by atoms with E-state index in [1.165, 1.54) is 0 Å². The van der Waals surface area contributed by atoms with Gasteiger partial charge >= 0.3 is 0 Å². The number of nitrogens with zero attached hydrogens (tertiary/aromatic N) is 2. The fourth-order valence-corrected chi connectivity index (χ4v) is 0.919. The van der Waals surface area contributed by atoms with Gasteiger partial charge in [-0.3, -0.25) is 5.43 Å². The van der Waals surface area contributed by atoms with E-state index in [2.05, 4.69) is 28.0 Å². The molecule has 0 aliphatic carbocycles. The van der Waals surface area contributed by atoms with Crippen LogP contribution < -0.4 is 10.7 Å². The van der Waals surface area contributed by atoms with Gasteiger partial charge in [0.2, 0.25) is 0 Å². The number of hydrogen-bond donors (Lipinski definition) is 2. The zero-order valence-electron chi connectivity index (χ0n) is 6.46. The van der Waals surface area contributed by atoms with Crippen molar-refractivity contribution in [3.63, 3.8) is 0 Å². The topological polar surface area (TPSA) is 48.8 Å². The lowest BCUT2D eigenvalue weighted by Crippen LogP contribution is -2.51. The summed E-state index contributed by atoms with van der Waals surface area (Å²) in [5.74, 6) is 0.727. The van der Waals surface area contributed by atoms with E-state index in [4.69, 9.17) is 0 Å². The smallest absolute Gasteiger partial charge is 0.0509 e. The van der Waals surface area contributed by atoms with Crippen molar-refractivity contribution in [2.75, 3.05) is 20.1 Å². The Kier molecular flexibility index (Phi) is 2.62. The fraction of sp³-hybridized carbons (Fsp3) is 1.00. The molecule has 1 unspecified atom stereocenters. The van der Waals surface area contributed by atoms with Gasteiger partial charge in [0.25, 0.3) is 0 Å². The third-order valence-electron chi connectivity index (χ3n) is 1.88. The SMILES string of the molecule is CN=NNC(C)C1CNC1. The van der Waals surface area contributed by atoms with E-state index < -0.39 is 0 Å². The van der Waals surface area contributed by atoms with Gasteiger partial charge in [0.15, 0.2) is 0 Å². The molecule has 1 aliphatic rings. The van der Waals surface area contributed by atoms with Gasteiger partial charge in [0, 0.05) is 25.0 Å². The largest absolute Gasteiger partial charge is 0.316 e. The lowest BCUT2D eigenvalue weighted by Gasteiger charge is -2.31. The molecule has 0 saturated carbocycles. The Bertz CT molecular complexity index is 119. The van der Waals surface area contributed by atoms with Crippen molar-refractivity contribution >= 4 is 0 Å². The Morgan fingerprint density at radius 2 is 2.30 bits per heavy atom. The summed E-state index contributed by atoms with van der Waals surface area (Å²) in [6, 6.07) is 0.449. The van der Waals surface area contributed by atoms with E-state index in [9.17, 15) is 0 Å². The first kappa shape index (κ1) is 7.47. The maximum atomic E-state index is 3.72. The highest BCUT2D eigenvalue weighted by Crippen LogP contribution is 2.07. The van der Waals surface area contributed by atoms with Crippen molar-refractivity contribution in [1.29, 1.82) is 0 Å². The number of hydrogen-bond acceptors (Lipinski definition) is 3. The van der Waals surface area contributed by atoms with Crippen LogP contribution in [0, 0.1) is 5.92 Å². The summed E-state index contributed by atoms with van der Waals surface area (Å²) in [5.41, 5.74) is 2.95. The first-order chi connectivity index (χ1) is 4.84. The van der Waals surface area contributed by atoms with Gasteiger partial charge in [-0.15, -0.1) is 0 Å². The fourth-order valence-electron chi connectivity index (χ4n) is 0.919. The van der Waals surface area contributed by atoms with Crippen LogP contribution in [0.3, 0.4) is 0 Å².